The van der Waals surface area contributed by atoms with Gasteiger partial charge in [-0.2, -0.15) is 0 Å². The molecule has 1 aromatic carbocycles. The van der Waals surface area contributed by atoms with Crippen molar-refractivity contribution in [2.24, 2.45) is 0 Å². The third kappa shape index (κ3) is 4.34. The average Bonchev–Trinajstić information content (AvgIpc) is 3.22. The number of benzene rings is 1. The van der Waals surface area contributed by atoms with E-state index < -0.39 is 5.82 Å². The molecule has 1 atom stereocenters. The van der Waals surface area contributed by atoms with Gasteiger partial charge < -0.3 is 20.9 Å². The van der Waals surface area contributed by atoms with E-state index in [2.05, 4.69) is 51.2 Å². The molecule has 32 heavy (non-hydrogen) atoms. The van der Waals surface area contributed by atoms with Crippen LogP contribution < -0.4 is 16.0 Å². The second-order valence-corrected chi connectivity index (χ2v) is 7.93. The molecule has 0 saturated carbocycles. The summed E-state index contributed by atoms with van der Waals surface area (Å²) < 4.78 is 13.8. The number of aromatic amines is 1. The van der Waals surface area contributed by atoms with Gasteiger partial charge in [-0.1, -0.05) is 25.1 Å². The molecule has 7 nitrogen and oxygen atoms in total. The van der Waals surface area contributed by atoms with E-state index >= 15 is 0 Å². The standard InChI is InChI=1S/C24H28FN7/c1-4-15(2)32(3)24-21(26)23(30-22(31-24)17-11-18(25)14-27-12-17)28-10-9-16-13-29-20-8-6-5-7-19(16)20/h5-8,11-15,29H,4,9-10,26H2,1-3H3,(H,28,30,31)/t15-/m0/s1. The van der Waals surface area contributed by atoms with E-state index in [1.807, 2.05) is 30.3 Å². The molecule has 3 aromatic heterocycles. The third-order valence-electron chi connectivity index (χ3n) is 5.84. The van der Waals surface area contributed by atoms with E-state index in [0.717, 1.165) is 24.6 Å². The van der Waals surface area contributed by atoms with Crippen molar-refractivity contribution in [2.45, 2.75) is 32.7 Å². The van der Waals surface area contributed by atoms with Crippen molar-refractivity contribution < 1.29 is 4.39 Å². The van der Waals surface area contributed by atoms with Crippen LogP contribution in [0.15, 0.2) is 48.9 Å². The Bertz CT molecular complexity index is 1220. The fourth-order valence-electron chi connectivity index (χ4n) is 3.66. The molecule has 0 radical (unpaired) electrons. The van der Waals surface area contributed by atoms with Gasteiger partial charge in [0.1, 0.15) is 11.5 Å². The third-order valence-corrected chi connectivity index (χ3v) is 5.84. The maximum absolute atomic E-state index is 13.8. The summed E-state index contributed by atoms with van der Waals surface area (Å²) in [4.78, 5) is 18.5. The monoisotopic (exact) mass is 433 g/mol. The number of aromatic nitrogens is 4. The van der Waals surface area contributed by atoms with Crippen molar-refractivity contribution in [1.82, 2.24) is 19.9 Å². The van der Waals surface area contributed by atoms with Crippen LogP contribution in [0.5, 0.6) is 0 Å². The van der Waals surface area contributed by atoms with Crippen LogP contribution in [-0.4, -0.2) is 39.6 Å². The molecule has 0 aliphatic carbocycles. The number of hydrogen-bond donors (Lipinski definition) is 3. The van der Waals surface area contributed by atoms with Crippen LogP contribution in [0.1, 0.15) is 25.8 Å². The van der Waals surface area contributed by atoms with Crippen LogP contribution in [0.25, 0.3) is 22.3 Å². The molecule has 8 heteroatoms. The number of fused-ring (bicyclic) bond motifs is 1. The second-order valence-electron chi connectivity index (χ2n) is 7.93. The highest BCUT2D eigenvalue weighted by atomic mass is 19.1. The molecule has 0 bridgehead atoms. The van der Waals surface area contributed by atoms with Crippen molar-refractivity contribution in [1.29, 1.82) is 0 Å². The predicted octanol–water partition coefficient (Wildman–Crippen LogP) is 4.63. The largest absolute Gasteiger partial charge is 0.393 e. The lowest BCUT2D eigenvalue weighted by Crippen LogP contribution is -2.30. The molecular weight excluding hydrogens is 405 g/mol. The maximum atomic E-state index is 13.8. The molecule has 0 aliphatic heterocycles. The van der Waals surface area contributed by atoms with Crippen molar-refractivity contribution in [3.05, 3.63) is 60.3 Å². The number of hydrogen-bond acceptors (Lipinski definition) is 6. The van der Waals surface area contributed by atoms with Crippen LogP contribution in [0, 0.1) is 5.82 Å². The normalized spacial score (nSPS) is 12.1. The second kappa shape index (κ2) is 9.21. The number of anilines is 3. The Morgan fingerprint density at radius 3 is 2.81 bits per heavy atom. The van der Waals surface area contributed by atoms with Gasteiger partial charge >= 0.3 is 0 Å². The number of nitrogens with two attached hydrogens (primary N) is 1. The van der Waals surface area contributed by atoms with E-state index in [0.29, 0.717) is 35.3 Å². The van der Waals surface area contributed by atoms with Gasteiger partial charge in [0, 0.05) is 48.5 Å². The fraction of sp³-hybridized carbons (Fsp3) is 0.292. The van der Waals surface area contributed by atoms with Crippen molar-refractivity contribution in [2.75, 3.05) is 29.5 Å². The van der Waals surface area contributed by atoms with Gasteiger partial charge in [-0.15, -0.1) is 0 Å². The number of para-hydroxylation sites is 1. The number of halogens is 1. The lowest BCUT2D eigenvalue weighted by molar-refractivity contribution is 0.621. The summed E-state index contributed by atoms with van der Waals surface area (Å²) in [5.74, 6) is 1.09. The first-order valence-corrected chi connectivity index (χ1v) is 10.8. The minimum Gasteiger partial charge on any atom is -0.393 e. The Balaban J connectivity index is 1.64. The number of nitrogen functional groups attached to an aromatic ring is 1. The first kappa shape index (κ1) is 21.5. The number of rotatable bonds is 8. The van der Waals surface area contributed by atoms with Crippen LogP contribution in [0.3, 0.4) is 0 Å². The fourth-order valence-corrected chi connectivity index (χ4v) is 3.66. The summed E-state index contributed by atoms with van der Waals surface area (Å²) in [5.41, 5.74) is 9.78. The Labute approximate surface area is 186 Å². The lowest BCUT2D eigenvalue weighted by atomic mass is 10.1. The van der Waals surface area contributed by atoms with Crippen molar-refractivity contribution in [3.8, 4) is 11.4 Å². The van der Waals surface area contributed by atoms with Gasteiger partial charge in [0.25, 0.3) is 0 Å². The highest BCUT2D eigenvalue weighted by Crippen LogP contribution is 2.31. The molecule has 0 fully saturated rings. The smallest absolute Gasteiger partial charge is 0.165 e. The number of nitrogens with zero attached hydrogens (tertiary/aromatic N) is 4. The van der Waals surface area contributed by atoms with Gasteiger partial charge in [0.05, 0.1) is 6.20 Å². The molecule has 3 heterocycles. The zero-order valence-electron chi connectivity index (χ0n) is 18.6. The number of nitrogens with one attached hydrogen (secondary N) is 2. The summed E-state index contributed by atoms with van der Waals surface area (Å²) in [6, 6.07) is 9.82. The highest BCUT2D eigenvalue weighted by molar-refractivity contribution is 5.83. The summed E-state index contributed by atoms with van der Waals surface area (Å²) in [6.07, 6.45) is 6.47. The van der Waals surface area contributed by atoms with Crippen LogP contribution >= 0.6 is 0 Å². The molecule has 166 valence electrons. The van der Waals surface area contributed by atoms with Gasteiger partial charge in [-0.3, -0.25) is 4.98 Å². The van der Waals surface area contributed by atoms with E-state index in [1.165, 1.54) is 17.0 Å². The topological polar surface area (TPSA) is 95.8 Å². The van der Waals surface area contributed by atoms with E-state index in [4.69, 9.17) is 5.73 Å². The SMILES string of the molecule is CC[C@H](C)N(C)c1nc(-c2cncc(F)c2)nc(NCCc2c[nH]c3ccccc23)c1N. The summed E-state index contributed by atoms with van der Waals surface area (Å²) >= 11 is 0. The van der Waals surface area contributed by atoms with Gasteiger partial charge in [-0.05, 0) is 37.5 Å². The molecular formula is C24H28FN7. The quantitative estimate of drug-likeness (QED) is 0.375. The minimum absolute atomic E-state index is 0.227. The average molecular weight is 434 g/mol. The Morgan fingerprint density at radius 1 is 1.22 bits per heavy atom. The molecule has 4 N–H and O–H groups in total. The van der Waals surface area contributed by atoms with Crippen LogP contribution in [-0.2, 0) is 6.42 Å². The van der Waals surface area contributed by atoms with E-state index in [1.54, 1.807) is 6.20 Å². The minimum atomic E-state index is -0.436. The van der Waals surface area contributed by atoms with E-state index in [9.17, 15) is 4.39 Å². The molecule has 0 saturated heterocycles. The van der Waals surface area contributed by atoms with Gasteiger partial charge in [0.15, 0.2) is 17.5 Å². The lowest BCUT2D eigenvalue weighted by Gasteiger charge is -2.27. The van der Waals surface area contributed by atoms with Crippen LogP contribution in [0.4, 0.5) is 21.7 Å². The Kier molecular flexibility index (Phi) is 6.20. The first-order valence-electron chi connectivity index (χ1n) is 10.8. The zero-order chi connectivity index (χ0) is 22.7. The Hall–Kier alpha value is -3.68. The van der Waals surface area contributed by atoms with Crippen molar-refractivity contribution in [3.63, 3.8) is 0 Å². The molecule has 0 aliphatic rings. The van der Waals surface area contributed by atoms with Gasteiger partial charge in [-0.25, -0.2) is 14.4 Å². The van der Waals surface area contributed by atoms with Gasteiger partial charge in [0.2, 0.25) is 0 Å². The highest BCUT2D eigenvalue weighted by Gasteiger charge is 2.19. The molecule has 4 aromatic rings. The zero-order valence-corrected chi connectivity index (χ0v) is 18.6. The predicted molar refractivity (Wildman–Crippen MR) is 128 cm³/mol. The van der Waals surface area contributed by atoms with Crippen molar-refractivity contribution >= 4 is 28.2 Å². The summed E-state index contributed by atoms with van der Waals surface area (Å²) in [7, 11) is 1.95. The van der Waals surface area contributed by atoms with E-state index in [-0.39, 0.29) is 6.04 Å². The summed E-state index contributed by atoms with van der Waals surface area (Å²) in [6.45, 7) is 4.85. The number of pyridine rings is 1. The first-order chi connectivity index (χ1) is 15.5. The molecule has 0 spiro atoms. The Morgan fingerprint density at radius 2 is 2.03 bits per heavy atom. The molecule has 0 unspecified atom stereocenters. The summed E-state index contributed by atoms with van der Waals surface area (Å²) in [5, 5.41) is 4.56. The van der Waals surface area contributed by atoms with Crippen LogP contribution in [0.2, 0.25) is 0 Å². The number of H-pyrrole nitrogens is 1. The maximum Gasteiger partial charge on any atom is 0.165 e. The molecule has 0 amide bonds. The molecule has 4 rings (SSSR count).